The van der Waals surface area contributed by atoms with E-state index in [9.17, 15) is 4.79 Å². The number of nitrogens with one attached hydrogen (secondary N) is 2. The number of aromatic nitrogens is 1. The van der Waals surface area contributed by atoms with Crippen LogP contribution in [0.15, 0.2) is 48.7 Å². The SMILES string of the molecule is N#Cc1cccc2c1NC(=O)C2=Cc1c[nH]c2ccccc12. The molecule has 104 valence electrons. The molecule has 0 saturated carbocycles. The highest BCUT2D eigenvalue weighted by Crippen LogP contribution is 2.36. The Morgan fingerprint density at radius 3 is 2.82 bits per heavy atom. The predicted molar refractivity (Wildman–Crippen MR) is 86.0 cm³/mol. The molecule has 1 aromatic heterocycles. The van der Waals surface area contributed by atoms with Crippen molar-refractivity contribution in [3.63, 3.8) is 0 Å². The molecule has 0 spiro atoms. The van der Waals surface area contributed by atoms with Crippen LogP contribution in [-0.2, 0) is 4.79 Å². The fourth-order valence-electron chi connectivity index (χ4n) is 2.82. The van der Waals surface area contributed by atoms with E-state index in [4.69, 9.17) is 5.26 Å². The Morgan fingerprint density at radius 2 is 1.95 bits per heavy atom. The van der Waals surface area contributed by atoms with E-state index in [1.807, 2.05) is 42.6 Å². The molecule has 4 rings (SSSR count). The Labute approximate surface area is 126 Å². The monoisotopic (exact) mass is 285 g/mol. The number of benzene rings is 2. The van der Waals surface area contributed by atoms with Crippen molar-refractivity contribution in [2.45, 2.75) is 0 Å². The third-order valence-electron chi connectivity index (χ3n) is 3.88. The van der Waals surface area contributed by atoms with Crippen molar-refractivity contribution in [3.05, 3.63) is 65.4 Å². The Hall–Kier alpha value is -3.32. The van der Waals surface area contributed by atoms with Gasteiger partial charge in [-0.1, -0.05) is 30.3 Å². The van der Waals surface area contributed by atoms with E-state index in [1.165, 1.54) is 0 Å². The van der Waals surface area contributed by atoms with Gasteiger partial charge in [0.1, 0.15) is 6.07 Å². The molecule has 0 bridgehead atoms. The maximum Gasteiger partial charge on any atom is 0.256 e. The van der Waals surface area contributed by atoms with Crippen molar-refractivity contribution < 1.29 is 4.79 Å². The zero-order chi connectivity index (χ0) is 15.1. The molecule has 22 heavy (non-hydrogen) atoms. The zero-order valence-electron chi connectivity index (χ0n) is 11.6. The molecule has 1 aliphatic rings. The van der Waals surface area contributed by atoms with Crippen molar-refractivity contribution in [1.29, 1.82) is 5.26 Å². The maximum absolute atomic E-state index is 12.3. The molecular formula is C18H11N3O. The summed E-state index contributed by atoms with van der Waals surface area (Å²) in [6, 6.07) is 15.4. The van der Waals surface area contributed by atoms with Gasteiger partial charge in [0.25, 0.3) is 5.91 Å². The van der Waals surface area contributed by atoms with Crippen LogP contribution in [0.1, 0.15) is 16.7 Å². The molecule has 2 heterocycles. The summed E-state index contributed by atoms with van der Waals surface area (Å²) in [5.74, 6) is -0.178. The van der Waals surface area contributed by atoms with Crippen LogP contribution in [0, 0.1) is 11.3 Å². The number of hydrogen-bond donors (Lipinski definition) is 2. The van der Waals surface area contributed by atoms with Crippen LogP contribution >= 0.6 is 0 Å². The van der Waals surface area contributed by atoms with Crippen molar-refractivity contribution >= 4 is 34.1 Å². The molecule has 0 unspecified atom stereocenters. The van der Waals surface area contributed by atoms with Gasteiger partial charge in [-0.2, -0.15) is 5.26 Å². The highest BCUT2D eigenvalue weighted by Gasteiger charge is 2.26. The molecule has 0 aliphatic carbocycles. The summed E-state index contributed by atoms with van der Waals surface area (Å²) in [5, 5.41) is 13.0. The van der Waals surface area contributed by atoms with Crippen LogP contribution in [-0.4, -0.2) is 10.9 Å². The van der Waals surface area contributed by atoms with Gasteiger partial charge in [0, 0.05) is 33.8 Å². The molecule has 1 amide bonds. The van der Waals surface area contributed by atoms with Gasteiger partial charge in [0.05, 0.1) is 11.3 Å². The fraction of sp³-hybridized carbons (Fsp3) is 0. The van der Waals surface area contributed by atoms with Crippen molar-refractivity contribution in [2.75, 3.05) is 5.32 Å². The van der Waals surface area contributed by atoms with Gasteiger partial charge >= 0.3 is 0 Å². The number of hydrogen-bond acceptors (Lipinski definition) is 2. The zero-order valence-corrected chi connectivity index (χ0v) is 11.6. The number of H-pyrrole nitrogens is 1. The lowest BCUT2D eigenvalue weighted by Crippen LogP contribution is -2.04. The van der Waals surface area contributed by atoms with E-state index in [1.54, 1.807) is 12.1 Å². The lowest BCUT2D eigenvalue weighted by molar-refractivity contribution is -0.110. The first kappa shape index (κ1) is 12.4. The molecule has 0 fully saturated rings. The van der Waals surface area contributed by atoms with Crippen LogP contribution in [0.2, 0.25) is 0 Å². The number of nitriles is 1. The fourth-order valence-corrected chi connectivity index (χ4v) is 2.82. The minimum absolute atomic E-state index is 0.178. The first-order valence-corrected chi connectivity index (χ1v) is 6.90. The number of fused-ring (bicyclic) bond motifs is 2. The van der Waals surface area contributed by atoms with E-state index in [0.29, 0.717) is 16.8 Å². The molecule has 0 radical (unpaired) electrons. The van der Waals surface area contributed by atoms with Crippen molar-refractivity contribution in [1.82, 2.24) is 4.98 Å². The second-order valence-corrected chi connectivity index (χ2v) is 5.14. The van der Waals surface area contributed by atoms with Gasteiger partial charge in [-0.25, -0.2) is 0 Å². The van der Waals surface area contributed by atoms with Crippen molar-refractivity contribution in [2.24, 2.45) is 0 Å². The standard InChI is InChI=1S/C18H11N3O/c19-9-11-4-3-6-14-15(18(22)21-17(11)14)8-12-10-20-16-7-2-1-5-13(12)16/h1-8,10,20H,(H,21,22). The lowest BCUT2D eigenvalue weighted by Gasteiger charge is -1.99. The summed E-state index contributed by atoms with van der Waals surface area (Å²) in [6.45, 7) is 0. The van der Waals surface area contributed by atoms with E-state index >= 15 is 0 Å². The first-order valence-electron chi connectivity index (χ1n) is 6.90. The normalized spacial score (nSPS) is 14.9. The summed E-state index contributed by atoms with van der Waals surface area (Å²) in [4.78, 5) is 15.5. The summed E-state index contributed by atoms with van der Waals surface area (Å²) in [6.07, 6.45) is 3.75. The van der Waals surface area contributed by atoms with E-state index < -0.39 is 0 Å². The second kappa shape index (κ2) is 4.61. The third-order valence-corrected chi connectivity index (χ3v) is 3.88. The minimum Gasteiger partial charge on any atom is -0.361 e. The van der Waals surface area contributed by atoms with Gasteiger partial charge < -0.3 is 10.3 Å². The number of aromatic amines is 1. The Morgan fingerprint density at radius 1 is 1.09 bits per heavy atom. The topological polar surface area (TPSA) is 68.7 Å². The van der Waals surface area contributed by atoms with Crippen LogP contribution in [0.4, 0.5) is 5.69 Å². The molecule has 1 aliphatic heterocycles. The van der Waals surface area contributed by atoms with Gasteiger partial charge in [-0.05, 0) is 18.2 Å². The number of carbonyl (C=O) groups excluding carboxylic acids is 1. The third kappa shape index (κ3) is 1.73. The highest BCUT2D eigenvalue weighted by molar-refractivity contribution is 6.35. The Kier molecular flexibility index (Phi) is 2.60. The highest BCUT2D eigenvalue weighted by atomic mass is 16.2. The van der Waals surface area contributed by atoms with Gasteiger partial charge in [0.15, 0.2) is 0 Å². The number of para-hydroxylation sites is 2. The molecule has 2 N–H and O–H groups in total. The second-order valence-electron chi connectivity index (χ2n) is 5.14. The molecule has 0 saturated heterocycles. The largest absolute Gasteiger partial charge is 0.361 e. The van der Waals surface area contributed by atoms with Gasteiger partial charge in [-0.15, -0.1) is 0 Å². The van der Waals surface area contributed by atoms with Gasteiger partial charge in [0.2, 0.25) is 0 Å². The maximum atomic E-state index is 12.3. The molecule has 4 nitrogen and oxygen atoms in total. The average molecular weight is 285 g/mol. The van der Waals surface area contributed by atoms with Gasteiger partial charge in [-0.3, -0.25) is 4.79 Å². The van der Waals surface area contributed by atoms with Crippen LogP contribution in [0.3, 0.4) is 0 Å². The number of anilines is 1. The van der Waals surface area contributed by atoms with E-state index in [0.717, 1.165) is 22.0 Å². The Balaban J connectivity index is 1.91. The smallest absolute Gasteiger partial charge is 0.256 e. The van der Waals surface area contributed by atoms with Crippen LogP contribution in [0.5, 0.6) is 0 Å². The molecular weight excluding hydrogens is 274 g/mol. The van der Waals surface area contributed by atoms with E-state index in [2.05, 4.69) is 16.4 Å². The molecule has 3 aromatic rings. The van der Waals surface area contributed by atoms with E-state index in [-0.39, 0.29) is 5.91 Å². The molecule has 0 atom stereocenters. The summed E-state index contributed by atoms with van der Waals surface area (Å²) >= 11 is 0. The first-order chi connectivity index (χ1) is 10.8. The van der Waals surface area contributed by atoms with Crippen LogP contribution < -0.4 is 5.32 Å². The minimum atomic E-state index is -0.178. The summed E-state index contributed by atoms with van der Waals surface area (Å²) in [7, 11) is 0. The summed E-state index contributed by atoms with van der Waals surface area (Å²) in [5.41, 5.74) is 4.41. The summed E-state index contributed by atoms with van der Waals surface area (Å²) < 4.78 is 0. The number of carbonyl (C=O) groups is 1. The quantitative estimate of drug-likeness (QED) is 0.671. The van der Waals surface area contributed by atoms with Crippen LogP contribution in [0.25, 0.3) is 22.6 Å². The number of nitrogens with zero attached hydrogens (tertiary/aromatic N) is 1. The Bertz CT molecular complexity index is 989. The predicted octanol–water partition coefficient (Wildman–Crippen LogP) is 3.53. The molecule has 2 aromatic carbocycles. The average Bonchev–Trinajstić information content (AvgIpc) is 3.09. The lowest BCUT2D eigenvalue weighted by atomic mass is 10.0. The van der Waals surface area contributed by atoms with Crippen molar-refractivity contribution in [3.8, 4) is 6.07 Å². The number of amides is 1. The molecule has 4 heteroatoms. The number of rotatable bonds is 1.